The van der Waals surface area contributed by atoms with Crippen LogP contribution in [0.5, 0.6) is 0 Å². The number of carbonyl (C=O) groups is 1. The number of hydrogen-bond acceptors (Lipinski definition) is 4. The van der Waals surface area contributed by atoms with Gasteiger partial charge in [-0.05, 0) is 26.0 Å². The minimum Gasteiger partial charge on any atom is -0.372 e. The van der Waals surface area contributed by atoms with Crippen molar-refractivity contribution in [1.29, 1.82) is 0 Å². The maximum atomic E-state index is 14.1. The highest BCUT2D eigenvalue weighted by Gasteiger charge is 2.28. The molecule has 0 unspecified atom stereocenters. The van der Waals surface area contributed by atoms with Crippen LogP contribution in [0.15, 0.2) is 59.6 Å². The third-order valence-corrected chi connectivity index (χ3v) is 7.15. The van der Waals surface area contributed by atoms with E-state index in [0.717, 1.165) is 0 Å². The number of sulfone groups is 1. The molecule has 1 aliphatic heterocycles. The number of morpholine rings is 1. The molecule has 2 atom stereocenters. The fourth-order valence-electron chi connectivity index (χ4n) is 4.12. The van der Waals surface area contributed by atoms with E-state index in [4.69, 9.17) is 4.74 Å². The molecule has 2 heterocycles. The summed E-state index contributed by atoms with van der Waals surface area (Å²) >= 11 is 0. The van der Waals surface area contributed by atoms with Crippen molar-refractivity contribution in [3.05, 3.63) is 66.1 Å². The van der Waals surface area contributed by atoms with Crippen LogP contribution in [0.4, 0.5) is 4.39 Å². The maximum Gasteiger partial charge on any atom is 0.242 e. The van der Waals surface area contributed by atoms with Crippen LogP contribution < -0.4 is 0 Å². The fraction of sp³-hybridized carbons (Fsp3) is 0.348. The summed E-state index contributed by atoms with van der Waals surface area (Å²) in [4.78, 5) is 14.8. The number of ether oxygens (including phenoxy) is 1. The molecule has 8 heteroatoms. The summed E-state index contributed by atoms with van der Waals surface area (Å²) in [5.74, 6) is -1.10. The van der Waals surface area contributed by atoms with Gasteiger partial charge in [-0.2, -0.15) is 0 Å². The summed E-state index contributed by atoms with van der Waals surface area (Å²) in [6.45, 7) is 4.87. The van der Waals surface area contributed by atoms with Gasteiger partial charge in [0.15, 0.2) is 9.84 Å². The largest absolute Gasteiger partial charge is 0.372 e. The van der Waals surface area contributed by atoms with E-state index in [-0.39, 0.29) is 35.1 Å². The number of nitrogens with zero attached hydrogens (tertiary/aromatic N) is 2. The molecule has 1 aromatic heterocycles. The van der Waals surface area contributed by atoms with Crippen molar-refractivity contribution in [1.82, 2.24) is 9.47 Å². The molecule has 1 saturated heterocycles. The smallest absolute Gasteiger partial charge is 0.242 e. The van der Waals surface area contributed by atoms with E-state index in [0.29, 0.717) is 24.0 Å². The molecule has 6 nitrogen and oxygen atoms in total. The summed E-state index contributed by atoms with van der Waals surface area (Å²) in [7, 11) is -3.83. The van der Waals surface area contributed by atoms with Gasteiger partial charge in [0, 0.05) is 35.8 Å². The number of carbonyl (C=O) groups excluding carboxylic acids is 1. The van der Waals surface area contributed by atoms with Gasteiger partial charge >= 0.3 is 0 Å². The van der Waals surface area contributed by atoms with E-state index in [9.17, 15) is 17.6 Å². The van der Waals surface area contributed by atoms with Crippen LogP contribution in [0.25, 0.3) is 10.9 Å². The predicted octanol–water partition coefficient (Wildman–Crippen LogP) is 3.39. The quantitative estimate of drug-likeness (QED) is 0.605. The van der Waals surface area contributed by atoms with Crippen LogP contribution in [0, 0.1) is 5.82 Å². The first-order chi connectivity index (χ1) is 14.7. The third kappa shape index (κ3) is 4.50. The van der Waals surface area contributed by atoms with Gasteiger partial charge in [0.25, 0.3) is 0 Å². The fourth-order valence-corrected chi connectivity index (χ4v) is 5.71. The Kier molecular flexibility index (Phi) is 5.85. The molecule has 0 N–H and O–H groups in total. The van der Waals surface area contributed by atoms with Gasteiger partial charge in [-0.3, -0.25) is 4.79 Å². The van der Waals surface area contributed by atoms with Gasteiger partial charge in [0.05, 0.1) is 22.9 Å². The highest BCUT2D eigenvalue weighted by molar-refractivity contribution is 7.90. The molecule has 164 valence electrons. The maximum absolute atomic E-state index is 14.1. The zero-order valence-electron chi connectivity index (χ0n) is 17.5. The third-order valence-electron chi connectivity index (χ3n) is 5.47. The molecule has 0 bridgehead atoms. The molecule has 2 aromatic carbocycles. The van der Waals surface area contributed by atoms with Gasteiger partial charge in [0.2, 0.25) is 5.91 Å². The Hall–Kier alpha value is -2.71. The molecule has 0 saturated carbocycles. The lowest BCUT2D eigenvalue weighted by molar-refractivity contribution is -0.143. The van der Waals surface area contributed by atoms with Crippen molar-refractivity contribution in [3.8, 4) is 0 Å². The Labute approximate surface area is 181 Å². The molecule has 1 amide bonds. The van der Waals surface area contributed by atoms with E-state index >= 15 is 0 Å². The van der Waals surface area contributed by atoms with Crippen LogP contribution in [0.1, 0.15) is 19.4 Å². The first-order valence-electron chi connectivity index (χ1n) is 10.2. The second-order valence-corrected chi connectivity index (χ2v) is 10.0. The van der Waals surface area contributed by atoms with E-state index < -0.39 is 21.4 Å². The summed E-state index contributed by atoms with van der Waals surface area (Å²) in [6.07, 6.45) is 1.39. The topological polar surface area (TPSA) is 68.6 Å². The second-order valence-electron chi connectivity index (χ2n) is 8.04. The van der Waals surface area contributed by atoms with Crippen LogP contribution in [-0.4, -0.2) is 49.1 Å². The zero-order chi connectivity index (χ0) is 22.2. The molecule has 31 heavy (non-hydrogen) atoms. The number of aromatic nitrogens is 1. The zero-order valence-corrected chi connectivity index (χ0v) is 18.3. The highest BCUT2D eigenvalue weighted by atomic mass is 32.2. The molecule has 0 spiro atoms. The average molecular weight is 445 g/mol. The Morgan fingerprint density at radius 3 is 2.42 bits per heavy atom. The van der Waals surface area contributed by atoms with E-state index in [1.54, 1.807) is 39.8 Å². The summed E-state index contributed by atoms with van der Waals surface area (Å²) in [6, 6.07) is 12.9. The van der Waals surface area contributed by atoms with E-state index in [1.807, 2.05) is 13.8 Å². The van der Waals surface area contributed by atoms with Crippen LogP contribution >= 0.6 is 0 Å². The average Bonchev–Trinajstić information content (AvgIpc) is 3.08. The summed E-state index contributed by atoms with van der Waals surface area (Å²) in [5.41, 5.74) is 0.768. The molecule has 0 aliphatic carbocycles. The van der Waals surface area contributed by atoms with Crippen LogP contribution in [0.2, 0.25) is 0 Å². The monoisotopic (exact) mass is 444 g/mol. The number of para-hydroxylation sites is 1. The summed E-state index contributed by atoms with van der Waals surface area (Å²) in [5, 5.41) is 0.523. The number of rotatable bonds is 5. The normalized spacial score (nSPS) is 19.6. The number of halogens is 1. The first kappa shape index (κ1) is 21.5. The van der Waals surface area contributed by atoms with Crippen molar-refractivity contribution in [2.24, 2.45) is 0 Å². The molecular formula is C23H25FN2O4S. The number of hydrogen-bond donors (Lipinski definition) is 0. The SMILES string of the molecule is C[C@H]1CN(C(=O)Cn2cc(S(=O)(=O)Cc3ccccc3F)c3ccccc32)C[C@H](C)O1. The molecule has 3 aromatic rings. The van der Waals surface area contributed by atoms with E-state index in [2.05, 4.69) is 0 Å². The van der Waals surface area contributed by atoms with Crippen molar-refractivity contribution in [2.75, 3.05) is 13.1 Å². The van der Waals surface area contributed by atoms with Gasteiger partial charge < -0.3 is 14.2 Å². The van der Waals surface area contributed by atoms with Gasteiger partial charge in [-0.15, -0.1) is 0 Å². The summed E-state index contributed by atoms with van der Waals surface area (Å²) < 4.78 is 47.7. The first-order valence-corrected chi connectivity index (χ1v) is 11.9. The molecule has 1 fully saturated rings. The standard InChI is InChI=1S/C23H25FN2O4S/c1-16-11-26(12-17(2)30-16)23(27)14-25-13-22(19-8-4-6-10-21(19)25)31(28,29)15-18-7-3-5-9-20(18)24/h3-10,13,16-17H,11-12,14-15H2,1-2H3/t16-,17-/m0/s1. The molecule has 4 rings (SSSR count). The minimum atomic E-state index is -3.83. The van der Waals surface area contributed by atoms with Crippen LogP contribution in [0.3, 0.4) is 0 Å². The number of benzene rings is 2. The lowest BCUT2D eigenvalue weighted by Crippen LogP contribution is -2.49. The Bertz CT molecular complexity index is 1210. The Morgan fingerprint density at radius 1 is 1.06 bits per heavy atom. The predicted molar refractivity (Wildman–Crippen MR) is 116 cm³/mol. The molecule has 1 aliphatic rings. The second kappa shape index (κ2) is 8.43. The highest BCUT2D eigenvalue weighted by Crippen LogP contribution is 2.29. The lowest BCUT2D eigenvalue weighted by Gasteiger charge is -2.35. The van der Waals surface area contributed by atoms with Crippen molar-refractivity contribution in [3.63, 3.8) is 0 Å². The number of fused-ring (bicyclic) bond motifs is 1. The number of amides is 1. The van der Waals surface area contributed by atoms with Gasteiger partial charge in [0.1, 0.15) is 12.4 Å². The Morgan fingerprint density at radius 2 is 1.71 bits per heavy atom. The van der Waals surface area contributed by atoms with Crippen LogP contribution in [-0.2, 0) is 31.7 Å². The lowest BCUT2D eigenvalue weighted by atomic mass is 10.2. The molecular weight excluding hydrogens is 419 g/mol. The molecule has 0 radical (unpaired) electrons. The van der Waals surface area contributed by atoms with Crippen molar-refractivity contribution in [2.45, 2.75) is 43.2 Å². The Balaban J connectivity index is 1.66. The van der Waals surface area contributed by atoms with Gasteiger partial charge in [-0.1, -0.05) is 36.4 Å². The van der Waals surface area contributed by atoms with Crippen molar-refractivity contribution >= 4 is 26.6 Å². The van der Waals surface area contributed by atoms with Gasteiger partial charge in [-0.25, -0.2) is 12.8 Å². The van der Waals surface area contributed by atoms with E-state index in [1.165, 1.54) is 24.4 Å². The van der Waals surface area contributed by atoms with Crippen molar-refractivity contribution < 1.29 is 22.3 Å². The minimum absolute atomic E-state index is 0.0230.